The average Bonchev–Trinajstić information content (AvgIpc) is 3.12. The second kappa shape index (κ2) is 6.00. The maximum atomic E-state index is 12.3. The van der Waals surface area contributed by atoms with E-state index in [9.17, 15) is 14.4 Å². The molecule has 0 radical (unpaired) electrons. The van der Waals surface area contributed by atoms with Crippen LogP contribution in [0.1, 0.15) is 42.4 Å². The molecule has 0 bridgehead atoms. The Hall–Kier alpha value is -2.12. The zero-order valence-corrected chi connectivity index (χ0v) is 15.9. The van der Waals surface area contributed by atoms with Gasteiger partial charge in [0.15, 0.2) is 22.1 Å². The number of hydrogen-bond acceptors (Lipinski definition) is 7. The third kappa shape index (κ3) is 2.41. The predicted octanol–water partition coefficient (Wildman–Crippen LogP) is 3.71. The van der Waals surface area contributed by atoms with Gasteiger partial charge in [0.1, 0.15) is 5.03 Å². The van der Waals surface area contributed by atoms with E-state index in [1.165, 1.54) is 32.1 Å². The van der Waals surface area contributed by atoms with Gasteiger partial charge in [-0.05, 0) is 39.1 Å². The third-order valence-corrected chi connectivity index (χ3v) is 6.77. The quantitative estimate of drug-likeness (QED) is 0.653. The van der Waals surface area contributed by atoms with Gasteiger partial charge in [-0.15, -0.1) is 11.3 Å². The summed E-state index contributed by atoms with van der Waals surface area (Å²) in [5.74, 6) is -0.948. The van der Waals surface area contributed by atoms with Crippen LogP contribution >= 0.6 is 23.1 Å². The summed E-state index contributed by atoms with van der Waals surface area (Å²) in [6.45, 7) is 5.83. The summed E-state index contributed by atoms with van der Waals surface area (Å²) in [4.78, 5) is 42.2. The number of Topliss-reactive ketones (excluding diaryl/α,β-unsaturated/α-hetero) is 3. The first kappa shape index (κ1) is 17.7. The number of thioether (sulfide) groups is 1. The summed E-state index contributed by atoms with van der Waals surface area (Å²) in [7, 11) is 0. The Morgan fingerprint density at radius 2 is 1.76 bits per heavy atom. The molecule has 128 valence electrons. The van der Waals surface area contributed by atoms with Crippen LogP contribution in [0.25, 0.3) is 10.4 Å². The first-order chi connectivity index (χ1) is 11.7. The van der Waals surface area contributed by atoms with Crippen molar-refractivity contribution in [2.75, 3.05) is 0 Å². The van der Waals surface area contributed by atoms with Crippen molar-refractivity contribution < 1.29 is 14.4 Å². The fourth-order valence-corrected chi connectivity index (χ4v) is 5.25. The summed E-state index contributed by atoms with van der Waals surface area (Å²) in [6.07, 6.45) is 0. The molecule has 3 heterocycles. The summed E-state index contributed by atoms with van der Waals surface area (Å²) in [5.41, 5.74) is 1.93. The van der Waals surface area contributed by atoms with Crippen LogP contribution < -0.4 is 0 Å². The van der Waals surface area contributed by atoms with Crippen molar-refractivity contribution >= 4 is 46.2 Å². The number of aromatic nitrogens is 1. The molecule has 1 N–H and O–H groups in total. The molecule has 7 heteroatoms. The zero-order valence-electron chi connectivity index (χ0n) is 14.2. The number of fused-ring (bicyclic) bond motifs is 1. The van der Waals surface area contributed by atoms with Crippen molar-refractivity contribution in [3.05, 3.63) is 34.3 Å². The smallest absolute Gasteiger partial charge is 0.179 e. The first-order valence-electron chi connectivity index (χ1n) is 7.61. The minimum absolute atomic E-state index is 0.0779. The lowest BCUT2D eigenvalue weighted by Crippen LogP contribution is -2.45. The number of rotatable bonds is 4. The molecule has 0 saturated carbocycles. The Kier molecular flexibility index (Phi) is 4.25. The number of ketones is 3. The van der Waals surface area contributed by atoms with Gasteiger partial charge in [-0.25, -0.2) is 4.98 Å². The molecule has 0 aliphatic carbocycles. The standard InChI is InChI=1S/C18H16N2O3S2/c1-8-13(9(2)21)14(12-6-5-7-24-12)15-16(19)18(10(3)22,11(4)23)25-17(15)20-8/h5-7,19H,1-4H3. The highest BCUT2D eigenvalue weighted by atomic mass is 32.2. The molecule has 1 aliphatic heterocycles. The van der Waals surface area contributed by atoms with Crippen molar-refractivity contribution in [2.45, 2.75) is 37.5 Å². The van der Waals surface area contributed by atoms with E-state index >= 15 is 0 Å². The van der Waals surface area contributed by atoms with Crippen molar-refractivity contribution in [3.8, 4) is 10.4 Å². The van der Waals surface area contributed by atoms with Crippen LogP contribution in [0, 0.1) is 12.3 Å². The van der Waals surface area contributed by atoms with Gasteiger partial charge >= 0.3 is 0 Å². The minimum atomic E-state index is -1.58. The van der Waals surface area contributed by atoms with Crippen molar-refractivity contribution in [3.63, 3.8) is 0 Å². The molecule has 25 heavy (non-hydrogen) atoms. The SMILES string of the molecule is CC(=O)c1c(C)nc2c(c1-c1cccs1)C(=N)C(C(C)=O)(C(C)=O)S2. The highest BCUT2D eigenvalue weighted by Crippen LogP contribution is 2.50. The zero-order chi connectivity index (χ0) is 18.5. The Morgan fingerprint density at radius 1 is 1.12 bits per heavy atom. The molecule has 0 saturated heterocycles. The molecular weight excluding hydrogens is 356 g/mol. The molecule has 0 unspecified atom stereocenters. The van der Waals surface area contributed by atoms with E-state index in [0.29, 0.717) is 27.4 Å². The highest BCUT2D eigenvalue weighted by molar-refractivity contribution is 8.03. The van der Waals surface area contributed by atoms with Gasteiger partial charge in [0, 0.05) is 21.6 Å². The van der Waals surface area contributed by atoms with Crippen LogP contribution in [0.2, 0.25) is 0 Å². The molecule has 0 spiro atoms. The number of aryl methyl sites for hydroxylation is 1. The third-order valence-electron chi connectivity index (χ3n) is 4.31. The minimum Gasteiger partial charge on any atom is -0.302 e. The number of carbonyl (C=O) groups is 3. The number of hydrogen-bond donors (Lipinski definition) is 1. The van der Waals surface area contributed by atoms with Crippen LogP contribution in [0.15, 0.2) is 22.5 Å². The highest BCUT2D eigenvalue weighted by Gasteiger charge is 2.54. The Morgan fingerprint density at radius 3 is 2.24 bits per heavy atom. The fourth-order valence-electron chi connectivity index (χ4n) is 3.20. The topological polar surface area (TPSA) is 87.9 Å². The normalized spacial score (nSPS) is 15.1. The largest absolute Gasteiger partial charge is 0.302 e. The van der Waals surface area contributed by atoms with Crippen molar-refractivity contribution in [2.24, 2.45) is 0 Å². The molecular formula is C18H16N2O3S2. The van der Waals surface area contributed by atoms with E-state index in [-0.39, 0.29) is 11.5 Å². The van der Waals surface area contributed by atoms with E-state index in [0.717, 1.165) is 16.6 Å². The Labute approximate surface area is 153 Å². The van der Waals surface area contributed by atoms with E-state index < -0.39 is 16.3 Å². The van der Waals surface area contributed by atoms with Gasteiger partial charge in [-0.2, -0.15) is 0 Å². The van der Waals surface area contributed by atoms with E-state index in [2.05, 4.69) is 4.98 Å². The van der Waals surface area contributed by atoms with Crippen molar-refractivity contribution in [1.82, 2.24) is 4.98 Å². The second-order valence-electron chi connectivity index (χ2n) is 5.93. The van der Waals surface area contributed by atoms with E-state index in [1.54, 1.807) is 6.92 Å². The van der Waals surface area contributed by atoms with Crippen LogP contribution in [-0.4, -0.2) is 32.8 Å². The summed E-state index contributed by atoms with van der Waals surface area (Å²) >= 11 is 2.46. The van der Waals surface area contributed by atoms with Crippen LogP contribution in [0.4, 0.5) is 0 Å². The molecule has 0 atom stereocenters. The van der Waals surface area contributed by atoms with Gasteiger partial charge < -0.3 is 5.41 Å². The number of pyridine rings is 1. The maximum absolute atomic E-state index is 12.3. The van der Waals surface area contributed by atoms with E-state index in [4.69, 9.17) is 5.41 Å². The van der Waals surface area contributed by atoms with Crippen LogP contribution in [0.3, 0.4) is 0 Å². The Bertz CT molecular complexity index is 932. The molecule has 0 amide bonds. The molecule has 0 aromatic carbocycles. The van der Waals surface area contributed by atoms with Crippen molar-refractivity contribution in [1.29, 1.82) is 5.41 Å². The molecule has 3 rings (SSSR count). The fraction of sp³-hybridized carbons (Fsp3) is 0.278. The molecule has 2 aromatic rings. The number of nitrogens with one attached hydrogen (secondary N) is 1. The molecule has 2 aromatic heterocycles. The first-order valence-corrected chi connectivity index (χ1v) is 9.31. The second-order valence-corrected chi connectivity index (χ2v) is 8.08. The number of carbonyl (C=O) groups excluding carboxylic acids is 3. The van der Waals surface area contributed by atoms with Gasteiger partial charge in [0.25, 0.3) is 0 Å². The molecule has 5 nitrogen and oxygen atoms in total. The molecule has 1 aliphatic rings. The monoisotopic (exact) mass is 372 g/mol. The number of thiophene rings is 1. The molecule has 0 fully saturated rings. The lowest BCUT2D eigenvalue weighted by Gasteiger charge is -2.21. The van der Waals surface area contributed by atoms with Gasteiger partial charge in [0.2, 0.25) is 0 Å². The average molecular weight is 372 g/mol. The van der Waals surface area contributed by atoms with Gasteiger partial charge in [-0.1, -0.05) is 17.8 Å². The van der Waals surface area contributed by atoms with Gasteiger partial charge in [-0.3, -0.25) is 14.4 Å². The number of nitrogens with zero attached hydrogens (tertiary/aromatic N) is 1. The maximum Gasteiger partial charge on any atom is 0.179 e. The van der Waals surface area contributed by atoms with Crippen LogP contribution in [0.5, 0.6) is 0 Å². The lowest BCUT2D eigenvalue weighted by atomic mass is 9.86. The predicted molar refractivity (Wildman–Crippen MR) is 99.1 cm³/mol. The van der Waals surface area contributed by atoms with E-state index in [1.807, 2.05) is 17.5 Å². The van der Waals surface area contributed by atoms with Gasteiger partial charge in [0.05, 0.1) is 11.4 Å². The summed E-state index contributed by atoms with van der Waals surface area (Å²) in [6, 6.07) is 3.73. The lowest BCUT2D eigenvalue weighted by molar-refractivity contribution is -0.125. The van der Waals surface area contributed by atoms with Crippen LogP contribution in [-0.2, 0) is 9.59 Å². The summed E-state index contributed by atoms with van der Waals surface area (Å²) < 4.78 is -1.58. The Balaban J connectivity index is 2.41. The summed E-state index contributed by atoms with van der Waals surface area (Å²) in [5, 5.41) is 11.0.